The van der Waals surface area contributed by atoms with Gasteiger partial charge in [-0.15, -0.1) is 0 Å². The molecule has 2 nitrogen and oxygen atoms in total. The molecule has 0 aliphatic carbocycles. The first-order valence-electron chi connectivity index (χ1n) is 7.38. The Kier molecular flexibility index (Phi) is 9.74. The van der Waals surface area contributed by atoms with E-state index in [-0.39, 0.29) is 0 Å². The van der Waals surface area contributed by atoms with Crippen molar-refractivity contribution in [1.29, 1.82) is 0 Å². The van der Waals surface area contributed by atoms with Crippen LogP contribution in [0, 0.1) is 0 Å². The molecule has 0 aliphatic heterocycles. The average molecular weight is 600 g/mol. The van der Waals surface area contributed by atoms with Crippen LogP contribution in [-0.2, 0) is 9.47 Å². The van der Waals surface area contributed by atoms with Crippen LogP contribution in [0.15, 0.2) is 0 Å². The van der Waals surface area contributed by atoms with E-state index in [9.17, 15) is 96.6 Å². The topological polar surface area (TPSA) is 18.5 Å². The van der Waals surface area contributed by atoms with Crippen LogP contribution in [0.3, 0.4) is 0 Å². The zero-order valence-electron chi connectivity index (χ0n) is 16.1. The van der Waals surface area contributed by atoms with Gasteiger partial charge in [0.15, 0.2) is 0 Å². The summed E-state index contributed by atoms with van der Waals surface area (Å²) < 4.78 is 271. The van der Waals surface area contributed by atoms with Gasteiger partial charge in [0.05, 0.1) is 0 Å². The molecule has 0 aromatic rings. The number of methoxy groups -OCH3 is 2. The van der Waals surface area contributed by atoms with Crippen LogP contribution < -0.4 is 0 Å². The Morgan fingerprint density at radius 3 is 0.444 bits per heavy atom. The fourth-order valence-corrected chi connectivity index (χ4v) is 1.95. The minimum absolute atomic E-state index is 0.473. The maximum absolute atomic E-state index is 12.9. The van der Waals surface area contributed by atoms with Gasteiger partial charge in [-0.3, -0.25) is 0 Å². The molecule has 2 unspecified atom stereocenters. The summed E-state index contributed by atoms with van der Waals surface area (Å²) in [5.74, 6) is -13.2. The quantitative estimate of drug-likeness (QED) is 0.314. The first-order valence-corrected chi connectivity index (χ1v) is 7.38. The van der Waals surface area contributed by atoms with Gasteiger partial charge in [-0.2, -0.15) is 87.8 Å². The summed E-state index contributed by atoms with van der Waals surface area (Å²) in [5.41, 5.74) is -14.5. The average Bonchev–Trinajstić information content (AvgIpc) is 2.60. The van der Waals surface area contributed by atoms with E-state index in [1.165, 1.54) is 0 Å². The van der Waals surface area contributed by atoms with Gasteiger partial charge in [-0.25, -0.2) is 8.78 Å². The number of alkyl halides is 22. The van der Waals surface area contributed by atoms with E-state index in [1.807, 2.05) is 0 Å². The third kappa shape index (κ3) is 5.47. The molecule has 24 heteroatoms. The van der Waals surface area contributed by atoms with Gasteiger partial charge in [0.2, 0.25) is 0 Å². The van der Waals surface area contributed by atoms with Crippen LogP contribution >= 0.6 is 0 Å². The van der Waals surface area contributed by atoms with Crippen LogP contribution in [0.1, 0.15) is 0 Å². The Balaban J connectivity index is 0. The highest BCUT2D eigenvalue weighted by Crippen LogP contribution is 2.60. The summed E-state index contributed by atoms with van der Waals surface area (Å²) in [6.07, 6.45) is -42.7. The summed E-state index contributed by atoms with van der Waals surface area (Å²) in [6, 6.07) is 0. The summed E-state index contributed by atoms with van der Waals surface area (Å²) in [5, 5.41) is 0. The van der Waals surface area contributed by atoms with E-state index in [2.05, 4.69) is 9.47 Å². The molecule has 0 aromatic carbocycles. The smallest absolute Gasteiger partial charge is 0.339 e. The maximum atomic E-state index is 12.9. The highest BCUT2D eigenvalue weighted by Gasteiger charge is 2.91. The van der Waals surface area contributed by atoms with Crippen LogP contribution in [0.25, 0.3) is 0 Å². The fraction of sp³-hybridized carbons (Fsp3) is 1.00. The highest BCUT2D eigenvalue weighted by atomic mass is 19.5. The molecule has 0 saturated carbocycles. The zero-order valence-corrected chi connectivity index (χ0v) is 16.1. The van der Waals surface area contributed by atoms with Gasteiger partial charge in [-0.1, -0.05) is 0 Å². The van der Waals surface area contributed by atoms with Gasteiger partial charge in [-0.05, 0) is 0 Å². The van der Waals surface area contributed by atoms with Gasteiger partial charge < -0.3 is 9.47 Å². The number of hydrogen-bond donors (Lipinski definition) is 0. The Morgan fingerprint density at radius 1 is 0.278 bits per heavy atom. The van der Waals surface area contributed by atoms with Gasteiger partial charge in [0.25, 0.3) is 0 Å². The predicted molar refractivity (Wildman–Crippen MR) is 65.7 cm³/mol. The van der Waals surface area contributed by atoms with Crippen molar-refractivity contribution < 1.29 is 106 Å². The monoisotopic (exact) mass is 600 g/mol. The first kappa shape index (κ1) is 36.5. The van der Waals surface area contributed by atoms with Gasteiger partial charge in [0.1, 0.15) is 0 Å². The van der Waals surface area contributed by atoms with Crippen molar-refractivity contribution in [3.05, 3.63) is 0 Å². The molecular weight excluding hydrogens is 594 g/mol. The van der Waals surface area contributed by atoms with E-state index in [0.717, 1.165) is 0 Å². The van der Waals surface area contributed by atoms with Crippen molar-refractivity contribution in [3.8, 4) is 0 Å². The molecule has 0 N–H and O–H groups in total. The minimum Gasteiger partial charge on any atom is -0.339 e. The number of ether oxygens (including phenoxy) is 2. The number of hydrogen-bond acceptors (Lipinski definition) is 2. The lowest BCUT2D eigenvalue weighted by Crippen LogP contribution is -2.71. The molecule has 0 aromatic heterocycles. The van der Waals surface area contributed by atoms with Crippen LogP contribution in [0.2, 0.25) is 0 Å². The third-order valence-electron chi connectivity index (χ3n) is 3.74. The molecule has 0 radical (unpaired) electrons. The van der Waals surface area contributed by atoms with E-state index in [4.69, 9.17) is 0 Å². The Bertz CT molecular complexity index is 630. The molecule has 0 spiro atoms. The van der Waals surface area contributed by atoms with E-state index >= 15 is 0 Å². The molecule has 0 heterocycles. The van der Waals surface area contributed by atoms with Crippen LogP contribution in [0.5, 0.6) is 0 Å². The molecular formula is C12H6F22O2. The van der Waals surface area contributed by atoms with Crippen molar-refractivity contribution in [2.75, 3.05) is 14.2 Å². The molecule has 2 atom stereocenters. The number of halogens is 22. The third-order valence-corrected chi connectivity index (χ3v) is 3.74. The molecule has 0 fully saturated rings. The molecule has 36 heavy (non-hydrogen) atoms. The van der Waals surface area contributed by atoms with Crippen molar-refractivity contribution in [1.82, 2.24) is 0 Å². The second-order valence-corrected chi connectivity index (χ2v) is 5.90. The summed E-state index contributed by atoms with van der Waals surface area (Å²) in [4.78, 5) is 0. The predicted octanol–water partition coefficient (Wildman–Crippen LogP) is 7.39. The fourth-order valence-electron chi connectivity index (χ4n) is 1.95. The largest absolute Gasteiger partial charge is 0.452 e. The maximum Gasteiger partial charge on any atom is 0.452 e. The summed E-state index contributed by atoms with van der Waals surface area (Å²) in [6.45, 7) is 0. The van der Waals surface area contributed by atoms with Gasteiger partial charge >= 0.3 is 60.1 Å². The van der Waals surface area contributed by atoms with Crippen molar-refractivity contribution in [2.24, 2.45) is 0 Å². The van der Waals surface area contributed by atoms with E-state index in [0.29, 0.717) is 0 Å². The lowest BCUT2D eigenvalue weighted by molar-refractivity contribution is -0.466. The lowest BCUT2D eigenvalue weighted by Gasteiger charge is -2.40. The Hall–Kier alpha value is -1.62. The second-order valence-electron chi connectivity index (χ2n) is 5.90. The van der Waals surface area contributed by atoms with Crippen molar-refractivity contribution >= 4 is 0 Å². The molecule has 0 amide bonds. The Labute approximate surface area is 182 Å². The van der Waals surface area contributed by atoms with Crippen LogP contribution in [-0.4, -0.2) is 74.3 Å². The lowest BCUT2D eigenvalue weighted by atomic mass is 9.93. The van der Waals surface area contributed by atoms with Gasteiger partial charge in [0, 0.05) is 14.2 Å². The summed E-state index contributed by atoms with van der Waals surface area (Å²) >= 11 is 0. The SMILES string of the molecule is COC(F)(C(F)(F)F)C(F)(C(F)(F)F)C(F)(F)F.COC(F)(C(F)(F)F)C(F)(C(F)(F)F)C(F)(F)F. The standard InChI is InChI=1S/2C6H3F11O/c2*1-18-3(8,6(15,16)17)2(7,4(9,10)11)5(12,13)14/h2*1H3. The molecule has 0 saturated heterocycles. The van der Waals surface area contributed by atoms with Crippen molar-refractivity contribution in [3.63, 3.8) is 0 Å². The van der Waals surface area contributed by atoms with E-state index < -0.39 is 74.3 Å². The highest BCUT2D eigenvalue weighted by molar-refractivity contribution is 5.10. The summed E-state index contributed by atoms with van der Waals surface area (Å²) in [7, 11) is -0.946. The van der Waals surface area contributed by atoms with E-state index in [1.54, 1.807) is 0 Å². The molecule has 0 rings (SSSR count). The number of rotatable bonds is 4. The molecule has 0 bridgehead atoms. The first-order chi connectivity index (χ1) is 15.1. The normalized spacial score (nSPS) is 18.7. The molecule has 220 valence electrons. The molecule has 0 aliphatic rings. The Morgan fingerprint density at radius 2 is 0.417 bits per heavy atom. The zero-order chi connectivity index (χ0) is 30.4. The minimum atomic E-state index is -7.25. The second kappa shape index (κ2) is 9.60. The van der Waals surface area contributed by atoms with Crippen molar-refractivity contribution in [2.45, 2.75) is 60.1 Å². The van der Waals surface area contributed by atoms with Crippen LogP contribution in [0.4, 0.5) is 96.6 Å².